The third-order valence-corrected chi connectivity index (χ3v) is 4.12. The van der Waals surface area contributed by atoms with Crippen LogP contribution in [-0.4, -0.2) is 28.8 Å². The van der Waals surface area contributed by atoms with Gasteiger partial charge in [0, 0.05) is 30.4 Å². The molecule has 0 spiro atoms. The number of aromatic nitrogens is 2. The number of carbonyl (C=O) groups excluding carboxylic acids is 2. The molecule has 1 N–H and O–H groups in total. The topological polar surface area (TPSA) is 64.0 Å². The van der Waals surface area contributed by atoms with Crippen molar-refractivity contribution < 1.29 is 9.59 Å². The number of hydrogen-bond acceptors (Lipinski definition) is 3. The molecular formula is C18H19N3O2. The molecule has 0 bridgehead atoms. The summed E-state index contributed by atoms with van der Waals surface area (Å²) >= 11 is 0. The van der Waals surface area contributed by atoms with Crippen LogP contribution in [0.5, 0.6) is 0 Å². The number of nitrogens with zero attached hydrogens (tertiary/aromatic N) is 2. The number of carbonyl (C=O) groups is 2. The summed E-state index contributed by atoms with van der Waals surface area (Å²) in [4.78, 5) is 27.7. The quantitative estimate of drug-likeness (QED) is 0.737. The lowest BCUT2D eigenvalue weighted by Crippen LogP contribution is -2.20. The Morgan fingerprint density at radius 2 is 2.13 bits per heavy atom. The number of fused-ring (bicyclic) bond motifs is 3. The first-order valence-electron chi connectivity index (χ1n) is 7.67. The van der Waals surface area contributed by atoms with Gasteiger partial charge >= 0.3 is 0 Å². The Balaban J connectivity index is 2.17. The Bertz CT molecular complexity index is 882. The van der Waals surface area contributed by atoms with Crippen LogP contribution in [0.25, 0.3) is 21.9 Å². The minimum Gasteiger partial charge on any atom is -0.359 e. The number of benzene rings is 1. The SMILES string of the molecule is CNC(=O)CCC(C=O)n1c2ccccc2c2cc(C)cnc21. The molecule has 1 aromatic carbocycles. The van der Waals surface area contributed by atoms with E-state index in [-0.39, 0.29) is 5.91 Å². The van der Waals surface area contributed by atoms with Crippen LogP contribution in [0.4, 0.5) is 0 Å². The number of para-hydroxylation sites is 1. The highest BCUT2D eigenvalue weighted by atomic mass is 16.1. The largest absolute Gasteiger partial charge is 0.359 e. The van der Waals surface area contributed by atoms with Gasteiger partial charge in [-0.1, -0.05) is 18.2 Å². The van der Waals surface area contributed by atoms with Gasteiger partial charge in [-0.2, -0.15) is 0 Å². The Hall–Kier alpha value is -2.69. The second kappa shape index (κ2) is 6.20. The van der Waals surface area contributed by atoms with E-state index in [1.54, 1.807) is 13.2 Å². The predicted octanol–water partition coefficient (Wildman–Crippen LogP) is 2.76. The fourth-order valence-electron chi connectivity index (χ4n) is 2.98. The molecule has 118 valence electrons. The third kappa shape index (κ3) is 2.70. The Morgan fingerprint density at radius 3 is 2.87 bits per heavy atom. The Labute approximate surface area is 134 Å². The van der Waals surface area contributed by atoms with Gasteiger partial charge in [0.2, 0.25) is 5.91 Å². The van der Waals surface area contributed by atoms with Crippen LogP contribution in [-0.2, 0) is 9.59 Å². The minimum atomic E-state index is -0.412. The smallest absolute Gasteiger partial charge is 0.219 e. The van der Waals surface area contributed by atoms with E-state index in [9.17, 15) is 9.59 Å². The van der Waals surface area contributed by atoms with Crippen molar-refractivity contribution in [3.8, 4) is 0 Å². The summed E-state index contributed by atoms with van der Waals surface area (Å²) in [6.45, 7) is 2.00. The summed E-state index contributed by atoms with van der Waals surface area (Å²) in [5.41, 5.74) is 2.83. The van der Waals surface area contributed by atoms with E-state index in [0.717, 1.165) is 33.8 Å². The van der Waals surface area contributed by atoms with Crippen molar-refractivity contribution in [2.24, 2.45) is 0 Å². The molecule has 0 saturated carbocycles. The van der Waals surface area contributed by atoms with Gasteiger partial charge in [0.05, 0.1) is 11.6 Å². The number of rotatable bonds is 5. The summed E-state index contributed by atoms with van der Waals surface area (Å²) in [5, 5.41) is 4.70. The molecule has 0 fully saturated rings. The average molecular weight is 309 g/mol. The first-order chi connectivity index (χ1) is 11.2. The van der Waals surface area contributed by atoms with Gasteiger partial charge in [0.25, 0.3) is 0 Å². The maximum absolute atomic E-state index is 11.7. The molecule has 3 rings (SSSR count). The summed E-state index contributed by atoms with van der Waals surface area (Å²) < 4.78 is 1.94. The maximum Gasteiger partial charge on any atom is 0.219 e. The molecule has 2 heterocycles. The predicted molar refractivity (Wildman–Crippen MR) is 90.4 cm³/mol. The van der Waals surface area contributed by atoms with Gasteiger partial charge in [-0.3, -0.25) is 4.79 Å². The van der Waals surface area contributed by atoms with Gasteiger partial charge in [0.1, 0.15) is 11.9 Å². The summed E-state index contributed by atoms with van der Waals surface area (Å²) in [6, 6.07) is 9.63. The van der Waals surface area contributed by atoms with E-state index in [0.29, 0.717) is 12.8 Å². The second-order valence-electron chi connectivity index (χ2n) is 5.69. The maximum atomic E-state index is 11.7. The van der Waals surface area contributed by atoms with Crippen molar-refractivity contribution >= 4 is 34.1 Å². The van der Waals surface area contributed by atoms with Crippen LogP contribution >= 0.6 is 0 Å². The van der Waals surface area contributed by atoms with Crippen LogP contribution in [0, 0.1) is 6.92 Å². The highest BCUT2D eigenvalue weighted by Crippen LogP contribution is 2.31. The van der Waals surface area contributed by atoms with E-state index < -0.39 is 6.04 Å². The molecule has 23 heavy (non-hydrogen) atoms. The molecule has 5 nitrogen and oxygen atoms in total. The zero-order chi connectivity index (χ0) is 16.4. The van der Waals surface area contributed by atoms with Crippen molar-refractivity contribution in [3.05, 3.63) is 42.1 Å². The van der Waals surface area contributed by atoms with Crippen molar-refractivity contribution in [1.29, 1.82) is 0 Å². The van der Waals surface area contributed by atoms with Crippen LogP contribution in [0.2, 0.25) is 0 Å². The van der Waals surface area contributed by atoms with Gasteiger partial charge in [0.15, 0.2) is 0 Å². The van der Waals surface area contributed by atoms with E-state index >= 15 is 0 Å². The fraction of sp³-hybridized carbons (Fsp3) is 0.278. The summed E-state index contributed by atoms with van der Waals surface area (Å²) in [6.07, 6.45) is 3.46. The van der Waals surface area contributed by atoms with Crippen LogP contribution < -0.4 is 5.32 Å². The van der Waals surface area contributed by atoms with E-state index in [2.05, 4.69) is 16.4 Å². The zero-order valence-corrected chi connectivity index (χ0v) is 13.2. The molecule has 1 unspecified atom stereocenters. The normalized spacial score (nSPS) is 12.4. The highest BCUT2D eigenvalue weighted by molar-refractivity contribution is 6.07. The number of amides is 1. The number of pyridine rings is 1. The van der Waals surface area contributed by atoms with Crippen molar-refractivity contribution in [3.63, 3.8) is 0 Å². The lowest BCUT2D eigenvalue weighted by molar-refractivity contribution is -0.121. The Kier molecular flexibility index (Phi) is 4.10. The summed E-state index contributed by atoms with van der Waals surface area (Å²) in [7, 11) is 1.60. The second-order valence-corrected chi connectivity index (χ2v) is 5.69. The average Bonchev–Trinajstić information content (AvgIpc) is 2.89. The molecule has 0 radical (unpaired) electrons. The van der Waals surface area contributed by atoms with Gasteiger partial charge in [-0.25, -0.2) is 4.98 Å². The van der Waals surface area contributed by atoms with Crippen LogP contribution in [0.15, 0.2) is 36.5 Å². The Morgan fingerprint density at radius 1 is 1.35 bits per heavy atom. The van der Waals surface area contributed by atoms with Crippen molar-refractivity contribution in [2.45, 2.75) is 25.8 Å². The van der Waals surface area contributed by atoms with Crippen LogP contribution in [0.1, 0.15) is 24.4 Å². The zero-order valence-electron chi connectivity index (χ0n) is 13.2. The van der Waals surface area contributed by atoms with Crippen LogP contribution in [0.3, 0.4) is 0 Å². The molecule has 0 aliphatic carbocycles. The molecule has 2 aromatic heterocycles. The molecule has 1 atom stereocenters. The van der Waals surface area contributed by atoms with E-state index in [4.69, 9.17) is 0 Å². The number of aryl methyl sites for hydroxylation is 1. The van der Waals surface area contributed by atoms with Crippen molar-refractivity contribution in [1.82, 2.24) is 14.9 Å². The molecule has 0 aliphatic heterocycles. The number of nitrogens with one attached hydrogen (secondary N) is 1. The molecule has 1 amide bonds. The van der Waals surface area contributed by atoms with E-state index in [1.165, 1.54) is 0 Å². The fourth-order valence-corrected chi connectivity index (χ4v) is 2.98. The standard InChI is InChI=1S/C18H19N3O2/c1-12-9-15-14-5-3-4-6-16(14)21(18(15)20-10-12)13(11-22)7-8-17(23)19-2/h3-6,9-11,13H,7-8H2,1-2H3,(H,19,23). The first kappa shape index (κ1) is 15.2. The van der Waals surface area contributed by atoms with Crippen molar-refractivity contribution in [2.75, 3.05) is 7.05 Å². The highest BCUT2D eigenvalue weighted by Gasteiger charge is 2.19. The lowest BCUT2D eigenvalue weighted by atomic mass is 10.1. The molecule has 0 aliphatic rings. The van der Waals surface area contributed by atoms with Gasteiger partial charge in [-0.05, 0) is 31.0 Å². The minimum absolute atomic E-state index is 0.0681. The monoisotopic (exact) mass is 309 g/mol. The third-order valence-electron chi connectivity index (χ3n) is 4.12. The molecule has 5 heteroatoms. The molecule has 3 aromatic rings. The molecular weight excluding hydrogens is 290 g/mol. The van der Waals surface area contributed by atoms with Gasteiger partial charge < -0.3 is 14.7 Å². The van der Waals surface area contributed by atoms with Gasteiger partial charge in [-0.15, -0.1) is 0 Å². The lowest BCUT2D eigenvalue weighted by Gasteiger charge is -2.14. The molecule has 0 saturated heterocycles. The number of hydrogen-bond donors (Lipinski definition) is 1. The first-order valence-corrected chi connectivity index (χ1v) is 7.67. The summed E-state index contributed by atoms with van der Waals surface area (Å²) in [5.74, 6) is -0.0681. The number of aldehydes is 1. The van der Waals surface area contributed by atoms with E-state index in [1.807, 2.05) is 35.8 Å².